The van der Waals surface area contributed by atoms with Crippen molar-refractivity contribution in [2.24, 2.45) is 0 Å². The van der Waals surface area contributed by atoms with Crippen molar-refractivity contribution in [3.05, 3.63) is 59.7 Å². The van der Waals surface area contributed by atoms with Gasteiger partial charge in [-0.3, -0.25) is 4.79 Å². The minimum atomic E-state index is -0.767. The number of allylic oxidation sites excluding steroid dienone is 1. The summed E-state index contributed by atoms with van der Waals surface area (Å²) in [6, 6.07) is 5.92. The van der Waals surface area contributed by atoms with Gasteiger partial charge in [0.05, 0.1) is 44.2 Å². The van der Waals surface area contributed by atoms with Crippen LogP contribution in [0.5, 0.6) is 0 Å². The fraction of sp³-hybridized carbons (Fsp3) is 0.407. The smallest absolute Gasteiger partial charge is 0.339 e. The van der Waals surface area contributed by atoms with E-state index in [9.17, 15) is 28.8 Å². The van der Waals surface area contributed by atoms with E-state index in [4.69, 9.17) is 28.4 Å². The zero-order chi connectivity index (χ0) is 28.9. The second kappa shape index (κ2) is 19.7. The van der Waals surface area contributed by atoms with Crippen molar-refractivity contribution in [1.82, 2.24) is 0 Å². The Balaban J connectivity index is 2.35. The Hall–Kier alpha value is -4.32. The zero-order valence-corrected chi connectivity index (χ0v) is 21.9. The average molecular weight is 549 g/mol. The summed E-state index contributed by atoms with van der Waals surface area (Å²) in [5, 5.41) is 0. The fourth-order valence-electron chi connectivity index (χ4n) is 2.63. The lowest BCUT2D eigenvalue weighted by atomic mass is 10.1. The molecule has 1 aromatic carbocycles. The number of rotatable bonds is 18. The third kappa shape index (κ3) is 15.5. The lowest BCUT2D eigenvalue weighted by Gasteiger charge is -2.10. The number of ether oxygens (including phenoxy) is 6. The summed E-state index contributed by atoms with van der Waals surface area (Å²) in [5.41, 5.74) is -0.0122. The van der Waals surface area contributed by atoms with E-state index < -0.39 is 29.8 Å². The molecule has 0 aliphatic carbocycles. The number of esters is 5. The molecule has 0 N–H and O–H groups in total. The molecule has 1 aromatic rings. The molecule has 0 fully saturated rings. The number of methoxy groups -OCH3 is 1. The van der Waals surface area contributed by atoms with E-state index in [0.29, 0.717) is 13.0 Å². The first-order valence-electron chi connectivity index (χ1n) is 12.0. The maximum atomic E-state index is 12.4. The van der Waals surface area contributed by atoms with Crippen LogP contribution in [0.15, 0.2) is 48.6 Å². The van der Waals surface area contributed by atoms with Crippen LogP contribution in [0.2, 0.25) is 0 Å². The predicted octanol–water partition coefficient (Wildman–Crippen LogP) is 2.15. The first kappa shape index (κ1) is 32.7. The zero-order valence-electron chi connectivity index (χ0n) is 21.9. The Morgan fingerprint density at radius 1 is 0.564 bits per heavy atom. The largest absolute Gasteiger partial charge is 0.462 e. The first-order chi connectivity index (χ1) is 18.7. The van der Waals surface area contributed by atoms with Crippen molar-refractivity contribution in [2.75, 3.05) is 46.8 Å². The van der Waals surface area contributed by atoms with Gasteiger partial charge in [-0.1, -0.05) is 12.1 Å². The van der Waals surface area contributed by atoms with Crippen LogP contribution in [0.1, 0.15) is 46.9 Å². The molecule has 1 rings (SSSR count). The number of carbonyl (C=O) groups excluding carboxylic acids is 6. The van der Waals surface area contributed by atoms with Gasteiger partial charge in [-0.15, -0.1) is 0 Å². The van der Waals surface area contributed by atoms with Crippen molar-refractivity contribution in [2.45, 2.75) is 26.2 Å². The van der Waals surface area contributed by atoms with Gasteiger partial charge in [-0.2, -0.15) is 0 Å². The number of hydrogen-bond acceptors (Lipinski definition) is 12. The normalized spacial score (nSPS) is 10.7. The molecule has 212 valence electrons. The van der Waals surface area contributed by atoms with E-state index in [2.05, 4.69) is 0 Å². The van der Waals surface area contributed by atoms with Gasteiger partial charge in [0.2, 0.25) is 0 Å². The Morgan fingerprint density at radius 2 is 0.923 bits per heavy atom. The van der Waals surface area contributed by atoms with Crippen molar-refractivity contribution in [3.63, 3.8) is 0 Å². The highest BCUT2D eigenvalue weighted by molar-refractivity contribution is 6.03. The van der Waals surface area contributed by atoms with Crippen LogP contribution in [0, 0.1) is 0 Å². The van der Waals surface area contributed by atoms with E-state index in [1.807, 2.05) is 0 Å². The fourth-order valence-corrected chi connectivity index (χ4v) is 2.63. The van der Waals surface area contributed by atoms with Gasteiger partial charge in [0.1, 0.15) is 0 Å². The van der Waals surface area contributed by atoms with Gasteiger partial charge in [0, 0.05) is 51.2 Å². The molecule has 0 bridgehead atoms. The molecule has 12 nitrogen and oxygen atoms in total. The van der Waals surface area contributed by atoms with Gasteiger partial charge in [0.15, 0.2) is 5.78 Å². The maximum Gasteiger partial charge on any atom is 0.339 e. The lowest BCUT2D eigenvalue weighted by molar-refractivity contribution is -0.140. The topological polar surface area (TPSA) is 158 Å². The molecule has 0 saturated carbocycles. The highest BCUT2D eigenvalue weighted by Crippen LogP contribution is 2.12. The monoisotopic (exact) mass is 548 g/mol. The summed E-state index contributed by atoms with van der Waals surface area (Å²) in [5.74, 6) is -3.95. The van der Waals surface area contributed by atoms with Crippen LogP contribution in [-0.2, 0) is 47.6 Å². The molecule has 39 heavy (non-hydrogen) atoms. The standard InChI is InChI=1S/C27H32O12/c1-20(28)10-11-23(29)36-16-6-18-38-26(32)21-8-3-4-9-22(21)27(33)39-19-7-17-37-25(31)13-12-24(30)35-15-5-14-34-2/h3-4,8-13H,5-7,14-19H2,1-2H3. The Labute approximate surface area is 225 Å². The second-order valence-corrected chi connectivity index (χ2v) is 7.65. The minimum absolute atomic E-state index is 0.00504. The minimum Gasteiger partial charge on any atom is -0.462 e. The van der Waals surface area contributed by atoms with E-state index >= 15 is 0 Å². The van der Waals surface area contributed by atoms with E-state index in [1.165, 1.54) is 26.2 Å². The quantitative estimate of drug-likeness (QED) is 0.114. The summed E-state index contributed by atoms with van der Waals surface area (Å²) in [4.78, 5) is 70.1. The molecule has 0 unspecified atom stereocenters. The molecule has 0 aromatic heterocycles. The lowest BCUT2D eigenvalue weighted by Crippen LogP contribution is -2.16. The van der Waals surface area contributed by atoms with Crippen molar-refractivity contribution >= 4 is 35.6 Å². The van der Waals surface area contributed by atoms with E-state index in [1.54, 1.807) is 12.1 Å². The maximum absolute atomic E-state index is 12.4. The molecule has 0 radical (unpaired) electrons. The molecule has 0 amide bonds. The molecule has 12 heteroatoms. The number of hydrogen-bond donors (Lipinski definition) is 0. The molecule has 0 saturated heterocycles. The Morgan fingerprint density at radius 3 is 1.31 bits per heavy atom. The number of ketones is 1. The molecule has 0 heterocycles. The van der Waals surface area contributed by atoms with Crippen LogP contribution in [0.25, 0.3) is 0 Å². The molecule has 0 aliphatic rings. The van der Waals surface area contributed by atoms with Crippen LogP contribution in [-0.4, -0.2) is 82.4 Å². The van der Waals surface area contributed by atoms with E-state index in [0.717, 1.165) is 24.3 Å². The Bertz CT molecular complexity index is 1040. The van der Waals surface area contributed by atoms with Gasteiger partial charge in [-0.25, -0.2) is 24.0 Å². The third-order valence-corrected chi connectivity index (χ3v) is 4.45. The van der Waals surface area contributed by atoms with Crippen LogP contribution in [0.3, 0.4) is 0 Å². The average Bonchev–Trinajstić information content (AvgIpc) is 2.92. The molecule has 0 aliphatic heterocycles. The van der Waals surface area contributed by atoms with Gasteiger partial charge in [0.25, 0.3) is 0 Å². The van der Waals surface area contributed by atoms with E-state index in [-0.39, 0.29) is 62.8 Å². The van der Waals surface area contributed by atoms with Crippen LogP contribution < -0.4 is 0 Å². The summed E-state index contributed by atoms with van der Waals surface area (Å²) in [6.07, 6.45) is 4.89. The van der Waals surface area contributed by atoms with Gasteiger partial charge in [-0.05, 0) is 25.1 Å². The summed E-state index contributed by atoms with van der Waals surface area (Å²) in [7, 11) is 1.53. The van der Waals surface area contributed by atoms with Gasteiger partial charge >= 0.3 is 29.8 Å². The Kier molecular flexibility index (Phi) is 16.6. The summed E-state index contributed by atoms with van der Waals surface area (Å²) < 4.78 is 29.7. The first-order valence-corrected chi connectivity index (χ1v) is 12.0. The number of benzene rings is 1. The van der Waals surface area contributed by atoms with Gasteiger partial charge < -0.3 is 28.4 Å². The third-order valence-electron chi connectivity index (χ3n) is 4.45. The molecule has 0 spiro atoms. The molecular formula is C27H32O12. The second-order valence-electron chi connectivity index (χ2n) is 7.65. The molecular weight excluding hydrogens is 516 g/mol. The molecule has 0 atom stereocenters. The highest BCUT2D eigenvalue weighted by atomic mass is 16.6. The number of carbonyl (C=O) groups is 6. The SMILES string of the molecule is COCCCOC(=O)C=CC(=O)OCCCOC(=O)c1ccccc1C(=O)OCCCOC(=O)C=CC(C)=O. The van der Waals surface area contributed by atoms with Crippen molar-refractivity contribution in [1.29, 1.82) is 0 Å². The van der Waals surface area contributed by atoms with Crippen molar-refractivity contribution in [3.8, 4) is 0 Å². The summed E-state index contributed by atoms with van der Waals surface area (Å²) >= 11 is 0. The van der Waals surface area contributed by atoms with Crippen molar-refractivity contribution < 1.29 is 57.2 Å². The summed E-state index contributed by atoms with van der Waals surface area (Å²) in [6.45, 7) is 1.64. The predicted molar refractivity (Wildman–Crippen MR) is 135 cm³/mol. The highest BCUT2D eigenvalue weighted by Gasteiger charge is 2.19. The van der Waals surface area contributed by atoms with Crippen LogP contribution >= 0.6 is 0 Å². The van der Waals surface area contributed by atoms with Crippen LogP contribution in [0.4, 0.5) is 0 Å².